The summed E-state index contributed by atoms with van der Waals surface area (Å²) in [6, 6.07) is 2.02. The van der Waals surface area contributed by atoms with Crippen LogP contribution in [0.15, 0.2) is 0 Å². The van der Waals surface area contributed by atoms with Crippen molar-refractivity contribution >= 4 is 0 Å². The van der Waals surface area contributed by atoms with E-state index in [0.29, 0.717) is 12.1 Å². The van der Waals surface area contributed by atoms with Gasteiger partial charge in [-0.15, -0.1) is 0 Å². The van der Waals surface area contributed by atoms with Crippen LogP contribution in [0, 0.1) is 11.8 Å². The first-order valence-electron chi connectivity index (χ1n) is 7.42. The molecule has 102 valence electrons. The van der Waals surface area contributed by atoms with E-state index in [1.165, 1.54) is 19.4 Å². The lowest BCUT2D eigenvalue weighted by Gasteiger charge is -2.45. The molecule has 1 saturated heterocycles. The average molecular weight is 240 g/mol. The first kappa shape index (κ1) is 15.0. The molecule has 3 unspecified atom stereocenters. The first-order valence-corrected chi connectivity index (χ1v) is 7.42. The quantitative estimate of drug-likeness (QED) is 0.794. The number of rotatable bonds is 5. The van der Waals surface area contributed by atoms with Gasteiger partial charge in [-0.2, -0.15) is 0 Å². The SMILES string of the molecule is CC(C)NCC(C(C)C)N1CCCC(C)C1C. The highest BCUT2D eigenvalue weighted by atomic mass is 15.2. The van der Waals surface area contributed by atoms with Gasteiger partial charge in [0.1, 0.15) is 0 Å². The summed E-state index contributed by atoms with van der Waals surface area (Å²) in [7, 11) is 0. The molecule has 0 aromatic heterocycles. The molecule has 0 bridgehead atoms. The van der Waals surface area contributed by atoms with E-state index in [1.807, 2.05) is 0 Å². The maximum atomic E-state index is 3.62. The summed E-state index contributed by atoms with van der Waals surface area (Å²) in [4.78, 5) is 2.74. The van der Waals surface area contributed by atoms with Crippen LogP contribution in [0.1, 0.15) is 54.4 Å². The van der Waals surface area contributed by atoms with E-state index >= 15 is 0 Å². The minimum Gasteiger partial charge on any atom is -0.313 e. The monoisotopic (exact) mass is 240 g/mol. The van der Waals surface area contributed by atoms with Gasteiger partial charge >= 0.3 is 0 Å². The number of piperidine rings is 1. The Bertz CT molecular complexity index is 213. The lowest BCUT2D eigenvalue weighted by atomic mass is 9.88. The highest BCUT2D eigenvalue weighted by Gasteiger charge is 2.31. The summed E-state index contributed by atoms with van der Waals surface area (Å²) in [5.74, 6) is 1.58. The molecule has 1 aliphatic rings. The Morgan fingerprint density at radius 2 is 1.82 bits per heavy atom. The minimum atomic E-state index is 0.591. The molecule has 1 heterocycles. The van der Waals surface area contributed by atoms with Crippen molar-refractivity contribution < 1.29 is 0 Å². The van der Waals surface area contributed by atoms with E-state index in [0.717, 1.165) is 24.4 Å². The molecule has 17 heavy (non-hydrogen) atoms. The zero-order valence-electron chi connectivity index (χ0n) is 12.7. The Labute approximate surface area is 108 Å². The van der Waals surface area contributed by atoms with Crippen LogP contribution in [0.4, 0.5) is 0 Å². The van der Waals surface area contributed by atoms with Crippen LogP contribution in [0.3, 0.4) is 0 Å². The van der Waals surface area contributed by atoms with Gasteiger partial charge in [-0.3, -0.25) is 4.90 Å². The predicted molar refractivity (Wildman–Crippen MR) is 76.3 cm³/mol. The number of nitrogens with zero attached hydrogens (tertiary/aromatic N) is 1. The van der Waals surface area contributed by atoms with E-state index in [1.54, 1.807) is 0 Å². The zero-order chi connectivity index (χ0) is 13.0. The summed E-state index contributed by atoms with van der Waals surface area (Å²) < 4.78 is 0. The zero-order valence-corrected chi connectivity index (χ0v) is 12.7. The van der Waals surface area contributed by atoms with E-state index in [9.17, 15) is 0 Å². The second-order valence-electron chi connectivity index (χ2n) is 6.47. The molecule has 2 heteroatoms. The molecule has 0 amide bonds. The smallest absolute Gasteiger partial charge is 0.0246 e. The molecule has 1 N–H and O–H groups in total. The van der Waals surface area contributed by atoms with Crippen molar-refractivity contribution in [2.75, 3.05) is 13.1 Å². The largest absolute Gasteiger partial charge is 0.313 e. The molecular weight excluding hydrogens is 208 g/mol. The van der Waals surface area contributed by atoms with E-state index in [4.69, 9.17) is 0 Å². The Balaban J connectivity index is 2.62. The molecule has 0 saturated carbocycles. The summed E-state index contributed by atoms with van der Waals surface area (Å²) >= 11 is 0. The summed E-state index contributed by atoms with van der Waals surface area (Å²) in [6.07, 6.45) is 2.77. The van der Waals surface area contributed by atoms with Crippen LogP contribution in [0.5, 0.6) is 0 Å². The predicted octanol–water partition coefficient (Wildman–Crippen LogP) is 3.13. The molecular formula is C15H32N2. The molecule has 1 rings (SSSR count). The Morgan fingerprint density at radius 3 is 2.35 bits per heavy atom. The standard InChI is InChI=1S/C15H32N2/c1-11(2)15(10-16-12(3)4)17-9-7-8-13(5)14(17)6/h11-16H,7-10H2,1-6H3. The molecule has 0 aromatic rings. The molecule has 0 spiro atoms. The topological polar surface area (TPSA) is 15.3 Å². The maximum absolute atomic E-state index is 3.62. The lowest BCUT2D eigenvalue weighted by Crippen LogP contribution is -2.54. The van der Waals surface area contributed by atoms with Gasteiger partial charge in [0.05, 0.1) is 0 Å². The van der Waals surface area contributed by atoms with Gasteiger partial charge in [0.2, 0.25) is 0 Å². The lowest BCUT2D eigenvalue weighted by molar-refractivity contribution is 0.0460. The number of hydrogen-bond donors (Lipinski definition) is 1. The van der Waals surface area contributed by atoms with Crippen LogP contribution in [-0.2, 0) is 0 Å². The van der Waals surface area contributed by atoms with Gasteiger partial charge in [0, 0.05) is 24.7 Å². The van der Waals surface area contributed by atoms with Crippen molar-refractivity contribution in [3.05, 3.63) is 0 Å². The number of nitrogens with one attached hydrogen (secondary N) is 1. The van der Waals surface area contributed by atoms with Gasteiger partial charge in [-0.1, -0.05) is 34.6 Å². The fraction of sp³-hybridized carbons (Fsp3) is 1.00. The molecule has 0 aliphatic carbocycles. The van der Waals surface area contributed by atoms with Crippen LogP contribution in [0.25, 0.3) is 0 Å². The van der Waals surface area contributed by atoms with E-state index in [2.05, 4.69) is 51.8 Å². The number of hydrogen-bond acceptors (Lipinski definition) is 2. The second kappa shape index (κ2) is 6.75. The normalized spacial score (nSPS) is 28.9. The fourth-order valence-corrected chi connectivity index (χ4v) is 2.93. The molecule has 0 aromatic carbocycles. The molecule has 3 atom stereocenters. The summed E-state index contributed by atoms with van der Waals surface area (Å²) in [6.45, 7) is 16.4. The van der Waals surface area contributed by atoms with Crippen molar-refractivity contribution in [2.45, 2.75) is 72.5 Å². The minimum absolute atomic E-state index is 0.591. The van der Waals surface area contributed by atoms with Crippen molar-refractivity contribution in [1.82, 2.24) is 10.2 Å². The average Bonchev–Trinajstić information content (AvgIpc) is 2.23. The van der Waals surface area contributed by atoms with Crippen molar-refractivity contribution in [1.29, 1.82) is 0 Å². The molecule has 2 nitrogen and oxygen atoms in total. The summed E-state index contributed by atoms with van der Waals surface area (Å²) in [5.41, 5.74) is 0. The highest BCUT2D eigenvalue weighted by Crippen LogP contribution is 2.26. The van der Waals surface area contributed by atoms with Gasteiger partial charge in [0.15, 0.2) is 0 Å². The van der Waals surface area contributed by atoms with Crippen LogP contribution >= 0.6 is 0 Å². The van der Waals surface area contributed by atoms with Gasteiger partial charge < -0.3 is 5.32 Å². The van der Waals surface area contributed by atoms with Crippen LogP contribution in [0.2, 0.25) is 0 Å². The second-order valence-corrected chi connectivity index (χ2v) is 6.47. The summed E-state index contributed by atoms with van der Waals surface area (Å²) in [5, 5.41) is 3.62. The van der Waals surface area contributed by atoms with Crippen LogP contribution in [-0.4, -0.2) is 36.1 Å². The van der Waals surface area contributed by atoms with Crippen LogP contribution < -0.4 is 5.32 Å². The fourth-order valence-electron chi connectivity index (χ4n) is 2.93. The maximum Gasteiger partial charge on any atom is 0.0246 e. The third-order valence-corrected chi connectivity index (χ3v) is 4.35. The van der Waals surface area contributed by atoms with E-state index in [-0.39, 0.29) is 0 Å². The third-order valence-electron chi connectivity index (χ3n) is 4.35. The van der Waals surface area contributed by atoms with Crippen molar-refractivity contribution in [3.8, 4) is 0 Å². The molecule has 0 radical (unpaired) electrons. The molecule has 1 aliphatic heterocycles. The first-order chi connectivity index (χ1) is 7.93. The van der Waals surface area contributed by atoms with Gasteiger partial charge in [0.25, 0.3) is 0 Å². The van der Waals surface area contributed by atoms with Crippen molar-refractivity contribution in [2.24, 2.45) is 11.8 Å². The van der Waals surface area contributed by atoms with E-state index < -0.39 is 0 Å². The Hall–Kier alpha value is -0.0800. The van der Waals surface area contributed by atoms with Gasteiger partial charge in [-0.05, 0) is 38.1 Å². The Kier molecular flexibility index (Phi) is 5.94. The van der Waals surface area contributed by atoms with Gasteiger partial charge in [-0.25, -0.2) is 0 Å². The highest BCUT2D eigenvalue weighted by molar-refractivity contribution is 4.86. The van der Waals surface area contributed by atoms with Crippen molar-refractivity contribution in [3.63, 3.8) is 0 Å². The molecule has 1 fully saturated rings. The third kappa shape index (κ3) is 4.26. The number of likely N-dealkylation sites (tertiary alicyclic amines) is 1. The Morgan fingerprint density at radius 1 is 1.18 bits per heavy atom.